The Morgan fingerprint density at radius 2 is 2.30 bits per heavy atom. The summed E-state index contributed by atoms with van der Waals surface area (Å²) in [6, 6.07) is 6.07. The summed E-state index contributed by atoms with van der Waals surface area (Å²) in [4.78, 5) is 16.6. The van der Waals surface area contributed by atoms with Crippen LogP contribution in [0, 0.1) is 0 Å². The summed E-state index contributed by atoms with van der Waals surface area (Å²) in [5.74, 6) is 1.34. The molecule has 120 valence electrons. The van der Waals surface area contributed by atoms with E-state index in [2.05, 4.69) is 15.6 Å². The molecule has 2 aliphatic rings. The highest BCUT2D eigenvalue weighted by molar-refractivity contribution is 7.13. The quantitative estimate of drug-likeness (QED) is 0.897. The molecule has 2 aliphatic heterocycles. The van der Waals surface area contributed by atoms with E-state index < -0.39 is 0 Å². The van der Waals surface area contributed by atoms with Gasteiger partial charge in [-0.25, -0.2) is 4.98 Å². The van der Waals surface area contributed by atoms with Gasteiger partial charge in [-0.15, -0.1) is 11.3 Å². The van der Waals surface area contributed by atoms with Crippen molar-refractivity contribution in [2.45, 2.75) is 18.9 Å². The van der Waals surface area contributed by atoms with Gasteiger partial charge in [0.1, 0.15) is 10.7 Å². The molecule has 1 atom stereocenters. The molecule has 2 N–H and O–H groups in total. The first-order valence-electron chi connectivity index (χ1n) is 7.67. The van der Waals surface area contributed by atoms with E-state index >= 15 is 0 Å². The van der Waals surface area contributed by atoms with Gasteiger partial charge in [0.25, 0.3) is 5.91 Å². The molecule has 0 spiro atoms. The third-order valence-electron chi connectivity index (χ3n) is 4.03. The monoisotopic (exact) mass is 331 g/mol. The van der Waals surface area contributed by atoms with Gasteiger partial charge in [0.15, 0.2) is 11.5 Å². The number of benzene rings is 1. The second kappa shape index (κ2) is 6.17. The van der Waals surface area contributed by atoms with Gasteiger partial charge >= 0.3 is 0 Å². The zero-order chi connectivity index (χ0) is 15.6. The molecule has 0 radical (unpaired) electrons. The van der Waals surface area contributed by atoms with Gasteiger partial charge in [-0.1, -0.05) is 0 Å². The number of carbonyl (C=O) groups excluding carboxylic acids is 1. The van der Waals surface area contributed by atoms with Crippen LogP contribution in [-0.4, -0.2) is 36.8 Å². The number of ether oxygens (including phenoxy) is 2. The normalized spacial score (nSPS) is 19.0. The number of aromatic nitrogens is 1. The molecule has 0 saturated carbocycles. The van der Waals surface area contributed by atoms with E-state index in [9.17, 15) is 4.79 Å². The van der Waals surface area contributed by atoms with Gasteiger partial charge in [0, 0.05) is 23.5 Å². The van der Waals surface area contributed by atoms with Crippen LogP contribution >= 0.6 is 11.3 Å². The number of nitrogens with one attached hydrogen (secondary N) is 2. The second-order valence-corrected chi connectivity index (χ2v) is 6.47. The van der Waals surface area contributed by atoms with Crippen LogP contribution in [0.4, 0.5) is 0 Å². The van der Waals surface area contributed by atoms with Crippen LogP contribution in [0.2, 0.25) is 0 Å². The minimum Gasteiger partial charge on any atom is -0.454 e. The molecule has 1 amide bonds. The average Bonchev–Trinajstić information content (AvgIpc) is 3.32. The molecule has 6 nitrogen and oxygen atoms in total. The Kier molecular flexibility index (Phi) is 3.88. The molecular weight excluding hydrogens is 314 g/mol. The Labute approximate surface area is 137 Å². The maximum absolute atomic E-state index is 12.2. The number of hydrogen-bond donors (Lipinski definition) is 2. The summed E-state index contributed by atoms with van der Waals surface area (Å²) in [5.41, 5.74) is 1.39. The van der Waals surface area contributed by atoms with E-state index in [0.29, 0.717) is 18.3 Å². The van der Waals surface area contributed by atoms with Gasteiger partial charge in [-0.3, -0.25) is 4.79 Å². The largest absolute Gasteiger partial charge is 0.454 e. The predicted molar refractivity (Wildman–Crippen MR) is 87.0 cm³/mol. The topological polar surface area (TPSA) is 72.5 Å². The van der Waals surface area contributed by atoms with Gasteiger partial charge < -0.3 is 20.1 Å². The zero-order valence-corrected chi connectivity index (χ0v) is 13.3. The first-order chi connectivity index (χ1) is 11.3. The molecule has 1 saturated heterocycles. The molecule has 1 aromatic heterocycles. The summed E-state index contributed by atoms with van der Waals surface area (Å²) in [6.45, 7) is 1.93. The van der Waals surface area contributed by atoms with Gasteiger partial charge in [0.05, 0.1) is 0 Å². The van der Waals surface area contributed by atoms with Crippen molar-refractivity contribution in [2.75, 3.05) is 19.9 Å². The fourth-order valence-electron chi connectivity index (χ4n) is 2.78. The molecule has 1 aromatic carbocycles. The molecule has 0 aliphatic carbocycles. The fraction of sp³-hybridized carbons (Fsp3) is 0.375. The highest BCUT2D eigenvalue weighted by Crippen LogP contribution is 2.36. The van der Waals surface area contributed by atoms with Crippen LogP contribution in [0.15, 0.2) is 23.6 Å². The zero-order valence-electron chi connectivity index (χ0n) is 12.5. The van der Waals surface area contributed by atoms with E-state index in [1.165, 1.54) is 17.8 Å². The minimum absolute atomic E-state index is 0.123. The Morgan fingerprint density at radius 3 is 3.17 bits per heavy atom. The minimum atomic E-state index is -0.123. The number of thiazole rings is 1. The highest BCUT2D eigenvalue weighted by Gasteiger charge is 2.18. The van der Waals surface area contributed by atoms with Crippen molar-refractivity contribution in [1.82, 2.24) is 15.6 Å². The van der Waals surface area contributed by atoms with E-state index in [4.69, 9.17) is 9.47 Å². The number of nitrogens with zero attached hydrogens (tertiary/aromatic N) is 1. The Hall–Kier alpha value is -2.12. The van der Waals surface area contributed by atoms with Crippen molar-refractivity contribution in [2.24, 2.45) is 0 Å². The van der Waals surface area contributed by atoms with Crippen molar-refractivity contribution in [1.29, 1.82) is 0 Å². The Balaban J connectivity index is 1.44. The number of amides is 1. The van der Waals surface area contributed by atoms with Crippen molar-refractivity contribution in [3.05, 3.63) is 29.3 Å². The third kappa shape index (κ3) is 3.02. The van der Waals surface area contributed by atoms with Crippen LogP contribution < -0.4 is 20.1 Å². The van der Waals surface area contributed by atoms with Crippen LogP contribution in [0.1, 0.15) is 23.3 Å². The number of rotatable bonds is 4. The summed E-state index contributed by atoms with van der Waals surface area (Å²) in [6.07, 6.45) is 2.28. The van der Waals surface area contributed by atoms with Crippen LogP contribution in [0.3, 0.4) is 0 Å². The van der Waals surface area contributed by atoms with Crippen LogP contribution in [0.25, 0.3) is 10.6 Å². The summed E-state index contributed by atoms with van der Waals surface area (Å²) in [7, 11) is 0. The Morgan fingerprint density at radius 1 is 1.39 bits per heavy atom. The van der Waals surface area contributed by atoms with Crippen molar-refractivity contribution in [3.8, 4) is 22.1 Å². The summed E-state index contributed by atoms with van der Waals surface area (Å²) >= 11 is 1.45. The summed E-state index contributed by atoms with van der Waals surface area (Å²) in [5, 5.41) is 8.89. The fourth-order valence-corrected chi connectivity index (χ4v) is 3.57. The SMILES string of the molecule is O=C(NCC1CCCN1)c1csc(-c2ccc3c(c2)OCO3)n1. The third-order valence-corrected chi connectivity index (χ3v) is 4.92. The van der Waals surface area contributed by atoms with Gasteiger partial charge in [0.2, 0.25) is 6.79 Å². The molecule has 4 rings (SSSR count). The highest BCUT2D eigenvalue weighted by atomic mass is 32.1. The number of fused-ring (bicyclic) bond motifs is 1. The lowest BCUT2D eigenvalue weighted by Gasteiger charge is -2.10. The maximum atomic E-state index is 12.2. The molecule has 1 unspecified atom stereocenters. The van der Waals surface area contributed by atoms with E-state index in [1.54, 1.807) is 5.38 Å². The number of carbonyl (C=O) groups is 1. The summed E-state index contributed by atoms with van der Waals surface area (Å²) < 4.78 is 10.7. The first-order valence-corrected chi connectivity index (χ1v) is 8.55. The lowest BCUT2D eigenvalue weighted by atomic mass is 10.2. The molecule has 2 aromatic rings. The smallest absolute Gasteiger partial charge is 0.270 e. The molecule has 0 bridgehead atoms. The van der Waals surface area contributed by atoms with Crippen molar-refractivity contribution >= 4 is 17.2 Å². The first kappa shape index (κ1) is 14.5. The molecule has 7 heteroatoms. The molecule has 1 fully saturated rings. The van der Waals surface area contributed by atoms with Crippen molar-refractivity contribution < 1.29 is 14.3 Å². The predicted octanol–water partition coefficient (Wildman–Crippen LogP) is 2.02. The lowest BCUT2D eigenvalue weighted by molar-refractivity contribution is 0.0946. The van der Waals surface area contributed by atoms with Crippen molar-refractivity contribution in [3.63, 3.8) is 0 Å². The van der Waals surface area contributed by atoms with Gasteiger partial charge in [-0.05, 0) is 37.6 Å². The van der Waals surface area contributed by atoms with Crippen LogP contribution in [-0.2, 0) is 0 Å². The average molecular weight is 331 g/mol. The molecule has 3 heterocycles. The molecular formula is C16H17N3O3S. The van der Waals surface area contributed by atoms with Crippen LogP contribution in [0.5, 0.6) is 11.5 Å². The maximum Gasteiger partial charge on any atom is 0.270 e. The van der Waals surface area contributed by atoms with Gasteiger partial charge in [-0.2, -0.15) is 0 Å². The van der Waals surface area contributed by atoms with E-state index in [0.717, 1.165) is 35.0 Å². The van der Waals surface area contributed by atoms with E-state index in [-0.39, 0.29) is 12.7 Å². The Bertz CT molecular complexity index is 725. The molecule has 23 heavy (non-hydrogen) atoms. The second-order valence-electron chi connectivity index (χ2n) is 5.61. The standard InChI is InChI=1S/C16H17N3O3S/c20-15(18-7-11-2-1-5-17-11)12-8-23-16(19-12)10-3-4-13-14(6-10)22-9-21-13/h3-4,6,8,11,17H,1-2,5,7,9H2,(H,18,20). The van der Waals surface area contributed by atoms with E-state index in [1.807, 2.05) is 18.2 Å². The number of hydrogen-bond acceptors (Lipinski definition) is 6. The lowest BCUT2D eigenvalue weighted by Crippen LogP contribution is -2.37.